The van der Waals surface area contributed by atoms with Crippen molar-refractivity contribution in [1.82, 2.24) is 4.90 Å². The number of carbonyl (C=O) groups is 1. The van der Waals surface area contributed by atoms with Gasteiger partial charge in [0.1, 0.15) is 11.5 Å². The molecular formula is C19H17N3O2S. The number of benzene rings is 2. The summed E-state index contributed by atoms with van der Waals surface area (Å²) in [6.07, 6.45) is 0.355. The first-order valence-electron chi connectivity index (χ1n) is 8.08. The fourth-order valence-electron chi connectivity index (χ4n) is 2.72. The van der Waals surface area contributed by atoms with Gasteiger partial charge in [0, 0.05) is 17.9 Å². The van der Waals surface area contributed by atoms with Crippen molar-refractivity contribution in [2.75, 3.05) is 18.4 Å². The molecule has 5 nitrogen and oxygen atoms in total. The number of para-hydroxylation sites is 1. The fraction of sp³-hybridized carbons (Fsp3) is 0.158. The maximum atomic E-state index is 12.3. The summed E-state index contributed by atoms with van der Waals surface area (Å²) in [6, 6.07) is 17.0. The van der Waals surface area contributed by atoms with Gasteiger partial charge in [0.15, 0.2) is 5.17 Å². The van der Waals surface area contributed by atoms with Gasteiger partial charge in [-0.15, -0.1) is 0 Å². The van der Waals surface area contributed by atoms with Crippen LogP contribution in [0.1, 0.15) is 6.42 Å². The molecule has 2 heterocycles. The zero-order chi connectivity index (χ0) is 17.1. The highest BCUT2D eigenvalue weighted by atomic mass is 32.2. The fourth-order valence-corrected chi connectivity index (χ4v) is 3.67. The molecule has 2 aliphatic heterocycles. The van der Waals surface area contributed by atoms with Gasteiger partial charge in [0.05, 0.1) is 13.0 Å². The van der Waals surface area contributed by atoms with E-state index >= 15 is 0 Å². The zero-order valence-corrected chi connectivity index (χ0v) is 14.3. The molecule has 1 amide bonds. The Labute approximate surface area is 150 Å². The quantitative estimate of drug-likeness (QED) is 0.882. The second kappa shape index (κ2) is 7.03. The maximum absolute atomic E-state index is 12.3. The Balaban J connectivity index is 1.33. The van der Waals surface area contributed by atoms with Crippen molar-refractivity contribution in [3.63, 3.8) is 0 Å². The van der Waals surface area contributed by atoms with E-state index in [0.29, 0.717) is 6.42 Å². The van der Waals surface area contributed by atoms with Crippen molar-refractivity contribution >= 4 is 28.5 Å². The summed E-state index contributed by atoms with van der Waals surface area (Å²) in [5, 5.41) is 5.94. The van der Waals surface area contributed by atoms with E-state index in [0.717, 1.165) is 41.1 Å². The third kappa shape index (κ3) is 3.69. The molecule has 0 aromatic heterocycles. The minimum Gasteiger partial charge on any atom is -0.457 e. The predicted molar refractivity (Wildman–Crippen MR) is 101 cm³/mol. The van der Waals surface area contributed by atoms with Gasteiger partial charge in [-0.3, -0.25) is 9.79 Å². The molecule has 126 valence electrons. The van der Waals surface area contributed by atoms with E-state index in [4.69, 9.17) is 4.74 Å². The van der Waals surface area contributed by atoms with E-state index in [1.807, 2.05) is 60.0 Å². The number of fused-ring (bicyclic) bond motifs is 1. The van der Waals surface area contributed by atoms with Crippen molar-refractivity contribution in [1.29, 1.82) is 0 Å². The molecule has 0 aliphatic carbocycles. The summed E-state index contributed by atoms with van der Waals surface area (Å²) >= 11 is 1.59. The van der Waals surface area contributed by atoms with Crippen LogP contribution in [0, 0.1) is 0 Å². The smallest absolute Gasteiger partial charge is 0.230 e. The van der Waals surface area contributed by atoms with Gasteiger partial charge in [-0.2, -0.15) is 0 Å². The Morgan fingerprint density at radius 1 is 1.12 bits per heavy atom. The molecule has 0 saturated heterocycles. The number of ether oxygens (including phenoxy) is 1. The van der Waals surface area contributed by atoms with Crippen LogP contribution in [0.25, 0.3) is 0 Å². The molecule has 6 heteroatoms. The van der Waals surface area contributed by atoms with Crippen LogP contribution < -0.4 is 10.1 Å². The van der Waals surface area contributed by atoms with E-state index in [9.17, 15) is 4.79 Å². The Kier molecular flexibility index (Phi) is 4.43. The van der Waals surface area contributed by atoms with Crippen molar-refractivity contribution in [2.45, 2.75) is 6.42 Å². The molecule has 0 atom stereocenters. The summed E-state index contributed by atoms with van der Waals surface area (Å²) in [7, 11) is 0. The first-order valence-corrected chi connectivity index (χ1v) is 8.96. The van der Waals surface area contributed by atoms with Crippen LogP contribution in [0.5, 0.6) is 11.5 Å². The topological polar surface area (TPSA) is 53.9 Å². The third-order valence-corrected chi connectivity index (χ3v) is 4.86. The second-order valence-corrected chi connectivity index (χ2v) is 6.54. The van der Waals surface area contributed by atoms with Gasteiger partial charge >= 0.3 is 0 Å². The Hall–Kier alpha value is -2.73. The van der Waals surface area contributed by atoms with E-state index < -0.39 is 0 Å². The number of aliphatic imine (C=N–C) groups is 1. The van der Waals surface area contributed by atoms with E-state index in [1.165, 1.54) is 0 Å². The van der Waals surface area contributed by atoms with Crippen molar-refractivity contribution in [2.24, 2.45) is 4.99 Å². The molecule has 0 saturated carbocycles. The van der Waals surface area contributed by atoms with Gasteiger partial charge in [-0.05, 0) is 41.8 Å². The van der Waals surface area contributed by atoms with Crippen LogP contribution in [0.4, 0.5) is 5.69 Å². The number of nitrogens with one attached hydrogen (secondary N) is 1. The van der Waals surface area contributed by atoms with E-state index in [1.54, 1.807) is 11.8 Å². The van der Waals surface area contributed by atoms with Crippen molar-refractivity contribution < 1.29 is 9.53 Å². The molecule has 0 radical (unpaired) electrons. The number of rotatable bonds is 5. The van der Waals surface area contributed by atoms with Gasteiger partial charge in [0.2, 0.25) is 5.91 Å². The highest BCUT2D eigenvalue weighted by Crippen LogP contribution is 2.31. The summed E-state index contributed by atoms with van der Waals surface area (Å²) in [5.74, 6) is 1.49. The monoisotopic (exact) mass is 351 g/mol. The lowest BCUT2D eigenvalue weighted by atomic mass is 10.2. The number of thioether (sulfide) groups is 1. The first-order chi connectivity index (χ1) is 12.3. The van der Waals surface area contributed by atoms with Crippen LogP contribution in [0.2, 0.25) is 0 Å². The van der Waals surface area contributed by atoms with Crippen LogP contribution >= 0.6 is 11.8 Å². The third-order valence-electron chi connectivity index (χ3n) is 3.91. The van der Waals surface area contributed by atoms with Crippen molar-refractivity contribution in [3.05, 3.63) is 65.7 Å². The lowest BCUT2D eigenvalue weighted by Crippen LogP contribution is -2.24. The maximum Gasteiger partial charge on any atom is 0.230 e. The number of carbonyl (C=O) groups excluding carboxylic acids is 1. The largest absolute Gasteiger partial charge is 0.457 e. The molecule has 0 spiro atoms. The Morgan fingerprint density at radius 2 is 1.88 bits per heavy atom. The first kappa shape index (κ1) is 15.8. The molecule has 0 unspecified atom stereocenters. The Bertz CT molecular complexity index is 832. The standard InChI is InChI=1S/C19H17N3O2S/c23-18(12-15-13-25-19-20-10-11-22(15)19)21-14-6-8-17(9-7-14)24-16-4-2-1-3-5-16/h1-9,13H,10-12H2,(H,21,23). The van der Waals surface area contributed by atoms with Crippen LogP contribution in [0.15, 0.2) is 70.7 Å². The highest BCUT2D eigenvalue weighted by Gasteiger charge is 2.27. The average Bonchev–Trinajstić information content (AvgIpc) is 3.23. The zero-order valence-electron chi connectivity index (χ0n) is 13.5. The lowest BCUT2D eigenvalue weighted by molar-refractivity contribution is -0.115. The number of anilines is 1. The molecule has 2 aromatic carbocycles. The number of amidine groups is 1. The number of hydrogen-bond donors (Lipinski definition) is 1. The summed E-state index contributed by atoms with van der Waals surface area (Å²) in [5.41, 5.74) is 1.77. The van der Waals surface area contributed by atoms with Crippen LogP contribution in [0.3, 0.4) is 0 Å². The number of nitrogens with zero attached hydrogens (tertiary/aromatic N) is 2. The minimum atomic E-state index is -0.0308. The predicted octanol–water partition coefficient (Wildman–Crippen LogP) is 4.07. The molecular weight excluding hydrogens is 334 g/mol. The Morgan fingerprint density at radius 3 is 2.68 bits per heavy atom. The van der Waals surface area contributed by atoms with Gasteiger partial charge in [-0.1, -0.05) is 30.0 Å². The van der Waals surface area contributed by atoms with Gasteiger partial charge in [0.25, 0.3) is 0 Å². The van der Waals surface area contributed by atoms with E-state index in [-0.39, 0.29) is 5.91 Å². The highest BCUT2D eigenvalue weighted by molar-refractivity contribution is 8.16. The lowest BCUT2D eigenvalue weighted by Gasteiger charge is -2.16. The molecule has 25 heavy (non-hydrogen) atoms. The van der Waals surface area contributed by atoms with Gasteiger partial charge < -0.3 is 15.0 Å². The van der Waals surface area contributed by atoms with Crippen LogP contribution in [-0.2, 0) is 4.79 Å². The van der Waals surface area contributed by atoms with Crippen molar-refractivity contribution in [3.8, 4) is 11.5 Å². The molecule has 0 bridgehead atoms. The molecule has 2 aliphatic rings. The normalized spacial score (nSPS) is 15.4. The molecule has 1 N–H and O–H groups in total. The number of hydrogen-bond acceptors (Lipinski definition) is 5. The minimum absolute atomic E-state index is 0.0308. The number of amides is 1. The summed E-state index contributed by atoms with van der Waals surface area (Å²) < 4.78 is 5.75. The SMILES string of the molecule is O=C(CC1=CSC2=NCCN12)Nc1ccc(Oc2ccccc2)cc1. The molecule has 0 fully saturated rings. The summed E-state index contributed by atoms with van der Waals surface area (Å²) in [4.78, 5) is 18.8. The average molecular weight is 351 g/mol. The second-order valence-electron chi connectivity index (χ2n) is 5.71. The molecule has 4 rings (SSSR count). The molecule has 2 aromatic rings. The summed E-state index contributed by atoms with van der Waals surface area (Å²) in [6.45, 7) is 1.68. The van der Waals surface area contributed by atoms with E-state index in [2.05, 4.69) is 15.2 Å². The van der Waals surface area contributed by atoms with Gasteiger partial charge in [-0.25, -0.2) is 0 Å². The van der Waals surface area contributed by atoms with Crippen LogP contribution in [-0.4, -0.2) is 29.1 Å².